The Morgan fingerprint density at radius 2 is 1.24 bits per heavy atom. The van der Waals surface area contributed by atoms with E-state index in [0.29, 0.717) is 5.92 Å². The minimum atomic E-state index is 0.688. The van der Waals surface area contributed by atoms with Crippen molar-refractivity contribution in [1.82, 2.24) is 0 Å². The van der Waals surface area contributed by atoms with Gasteiger partial charge in [-0.05, 0) is 123 Å². The molecule has 0 saturated heterocycles. The van der Waals surface area contributed by atoms with Crippen molar-refractivity contribution >= 4 is 0 Å². The lowest BCUT2D eigenvalue weighted by atomic mass is 9.77. The molecule has 38 heavy (non-hydrogen) atoms. The maximum Gasteiger partial charge on any atom is 0.0249 e. The number of hydrogen-bond donors (Lipinski definition) is 0. The first-order chi connectivity index (χ1) is 18.7. The van der Waals surface area contributed by atoms with Crippen LogP contribution in [0, 0.1) is 23.7 Å². The lowest BCUT2D eigenvalue weighted by molar-refractivity contribution is 0.303. The molecule has 4 rings (SSSR count). The first-order valence-electron chi connectivity index (χ1n) is 16.1. The summed E-state index contributed by atoms with van der Waals surface area (Å²) >= 11 is 0. The van der Waals surface area contributed by atoms with Gasteiger partial charge in [0.2, 0.25) is 0 Å². The lowest BCUT2D eigenvalue weighted by Gasteiger charge is -2.29. The van der Waals surface area contributed by atoms with Gasteiger partial charge in [0.15, 0.2) is 0 Å². The van der Waals surface area contributed by atoms with E-state index in [2.05, 4.69) is 86.4 Å². The lowest BCUT2D eigenvalue weighted by Crippen LogP contribution is -2.13. The van der Waals surface area contributed by atoms with Crippen molar-refractivity contribution in [3.8, 4) is 11.8 Å². The number of benzene rings is 2. The summed E-state index contributed by atoms with van der Waals surface area (Å²) in [7, 11) is 0. The molecular weight excluding hydrogens is 456 g/mol. The van der Waals surface area contributed by atoms with E-state index in [0.717, 1.165) is 23.3 Å². The molecule has 0 aromatic heterocycles. The monoisotopic (exact) mass is 508 g/mol. The van der Waals surface area contributed by atoms with Gasteiger partial charge < -0.3 is 0 Å². The highest BCUT2D eigenvalue weighted by Gasteiger charge is 2.22. The van der Waals surface area contributed by atoms with Gasteiger partial charge in [-0.1, -0.05) is 107 Å². The fourth-order valence-electron chi connectivity index (χ4n) is 6.80. The van der Waals surface area contributed by atoms with Crippen LogP contribution >= 0.6 is 0 Å². The van der Waals surface area contributed by atoms with Crippen LogP contribution in [0.25, 0.3) is 0 Å². The SMILES string of the molecule is CCCCCc1ccc([C@H]2CC[C@H](/C=C/C#Cc3ccc([C@H]4CC[C@H](CCCCC)CC4)cc3)CC2)cc1. The highest BCUT2D eigenvalue weighted by Crippen LogP contribution is 2.38. The third-order valence-corrected chi connectivity index (χ3v) is 9.40. The standard InChI is InChI=1S/C38H52/c1-3-5-7-11-31-15-23-35(24-16-31)37-27-19-33(20-28-37)13-9-10-14-34-21-29-38(30-22-34)36-25-17-32(18-26-36)12-8-6-4-2/h9,13,15-16,21-24,29-30,32-33,36-37H,3-8,11-12,17-20,25-28H2,1-2H3/b13-9+/t32-,33-,36-,37-. The van der Waals surface area contributed by atoms with Crippen LogP contribution in [0.5, 0.6) is 0 Å². The van der Waals surface area contributed by atoms with Crippen molar-refractivity contribution in [2.24, 2.45) is 11.8 Å². The summed E-state index contributed by atoms with van der Waals surface area (Å²) in [6, 6.07) is 18.7. The third kappa shape index (κ3) is 9.19. The quantitative estimate of drug-likeness (QED) is 0.209. The average molecular weight is 509 g/mol. The van der Waals surface area contributed by atoms with Crippen LogP contribution in [0.15, 0.2) is 60.7 Å². The van der Waals surface area contributed by atoms with Crippen LogP contribution in [0.1, 0.15) is 144 Å². The molecule has 0 spiro atoms. The number of allylic oxidation sites excluding steroid dienone is 2. The number of unbranched alkanes of at least 4 members (excludes halogenated alkanes) is 4. The van der Waals surface area contributed by atoms with Crippen molar-refractivity contribution in [2.45, 2.75) is 128 Å². The first-order valence-corrected chi connectivity index (χ1v) is 16.1. The Morgan fingerprint density at radius 1 is 0.658 bits per heavy atom. The smallest absolute Gasteiger partial charge is 0.0249 e. The van der Waals surface area contributed by atoms with Gasteiger partial charge in [-0.15, -0.1) is 0 Å². The summed E-state index contributed by atoms with van der Waals surface area (Å²) in [5, 5.41) is 0. The Balaban J connectivity index is 1.17. The molecule has 0 aliphatic heterocycles. The predicted octanol–water partition coefficient (Wildman–Crippen LogP) is 11.2. The largest absolute Gasteiger partial charge is 0.0730 e. The molecule has 2 aliphatic carbocycles. The van der Waals surface area contributed by atoms with Crippen LogP contribution in [-0.2, 0) is 6.42 Å². The maximum absolute atomic E-state index is 3.37. The molecule has 2 aliphatic rings. The summed E-state index contributed by atoms with van der Waals surface area (Å²) < 4.78 is 0. The van der Waals surface area contributed by atoms with E-state index < -0.39 is 0 Å². The van der Waals surface area contributed by atoms with Gasteiger partial charge in [0.25, 0.3) is 0 Å². The normalized spacial score (nSPS) is 23.7. The maximum atomic E-state index is 3.37. The summed E-state index contributed by atoms with van der Waals surface area (Å²) in [6.07, 6.45) is 26.1. The molecule has 0 nitrogen and oxygen atoms in total. The summed E-state index contributed by atoms with van der Waals surface area (Å²) in [4.78, 5) is 0. The highest BCUT2D eigenvalue weighted by atomic mass is 14.3. The van der Waals surface area contributed by atoms with Crippen LogP contribution in [0.3, 0.4) is 0 Å². The van der Waals surface area contributed by atoms with E-state index in [1.807, 2.05) is 0 Å². The minimum absolute atomic E-state index is 0.688. The van der Waals surface area contributed by atoms with E-state index in [1.54, 1.807) is 5.56 Å². The van der Waals surface area contributed by atoms with Crippen LogP contribution in [0.4, 0.5) is 0 Å². The van der Waals surface area contributed by atoms with Crippen molar-refractivity contribution in [3.05, 3.63) is 82.9 Å². The van der Waals surface area contributed by atoms with Crippen molar-refractivity contribution in [2.75, 3.05) is 0 Å². The average Bonchev–Trinajstić information content (AvgIpc) is 2.97. The number of aryl methyl sites for hydroxylation is 1. The molecule has 2 saturated carbocycles. The second-order valence-electron chi connectivity index (χ2n) is 12.3. The second kappa shape index (κ2) is 16.0. The van der Waals surface area contributed by atoms with E-state index in [1.165, 1.54) is 114 Å². The van der Waals surface area contributed by atoms with Gasteiger partial charge >= 0.3 is 0 Å². The fraction of sp³-hybridized carbons (Fsp3) is 0.579. The molecule has 2 aromatic carbocycles. The van der Waals surface area contributed by atoms with Gasteiger partial charge in [0, 0.05) is 5.56 Å². The minimum Gasteiger partial charge on any atom is -0.0730 e. The Morgan fingerprint density at radius 3 is 1.87 bits per heavy atom. The van der Waals surface area contributed by atoms with Gasteiger partial charge in [-0.3, -0.25) is 0 Å². The third-order valence-electron chi connectivity index (χ3n) is 9.40. The topological polar surface area (TPSA) is 0 Å². The summed E-state index contributed by atoms with van der Waals surface area (Å²) in [5.74, 6) is 9.86. The second-order valence-corrected chi connectivity index (χ2v) is 12.3. The van der Waals surface area contributed by atoms with E-state index in [4.69, 9.17) is 0 Å². The fourth-order valence-corrected chi connectivity index (χ4v) is 6.80. The molecule has 2 fully saturated rings. The van der Waals surface area contributed by atoms with Crippen LogP contribution < -0.4 is 0 Å². The molecule has 0 radical (unpaired) electrons. The molecule has 0 heteroatoms. The summed E-state index contributed by atoms with van der Waals surface area (Å²) in [5.41, 5.74) is 5.73. The predicted molar refractivity (Wildman–Crippen MR) is 166 cm³/mol. The zero-order chi connectivity index (χ0) is 26.4. The Kier molecular flexibility index (Phi) is 12.1. The highest BCUT2D eigenvalue weighted by molar-refractivity contribution is 5.39. The molecule has 204 valence electrons. The molecule has 0 N–H and O–H groups in total. The molecule has 2 aromatic rings. The molecule has 0 amide bonds. The van der Waals surface area contributed by atoms with E-state index in [9.17, 15) is 0 Å². The van der Waals surface area contributed by atoms with Crippen molar-refractivity contribution < 1.29 is 0 Å². The van der Waals surface area contributed by atoms with Gasteiger partial charge in [-0.25, -0.2) is 0 Å². The molecule has 0 unspecified atom stereocenters. The Bertz CT molecular complexity index is 996. The van der Waals surface area contributed by atoms with Gasteiger partial charge in [0.1, 0.15) is 0 Å². The number of rotatable bonds is 11. The van der Waals surface area contributed by atoms with Gasteiger partial charge in [-0.2, -0.15) is 0 Å². The molecule has 0 heterocycles. The van der Waals surface area contributed by atoms with E-state index in [-0.39, 0.29) is 0 Å². The van der Waals surface area contributed by atoms with E-state index >= 15 is 0 Å². The van der Waals surface area contributed by atoms with Crippen molar-refractivity contribution in [3.63, 3.8) is 0 Å². The number of hydrogen-bond acceptors (Lipinski definition) is 0. The Hall–Kier alpha value is -2.26. The molecule has 0 bridgehead atoms. The van der Waals surface area contributed by atoms with Crippen molar-refractivity contribution in [1.29, 1.82) is 0 Å². The zero-order valence-electron chi connectivity index (χ0n) is 24.4. The summed E-state index contributed by atoms with van der Waals surface area (Å²) in [6.45, 7) is 4.59. The zero-order valence-corrected chi connectivity index (χ0v) is 24.4. The molecular formula is C38H52. The van der Waals surface area contributed by atoms with Crippen LogP contribution in [-0.4, -0.2) is 0 Å². The Labute approximate surface area is 234 Å². The van der Waals surface area contributed by atoms with Gasteiger partial charge in [0.05, 0.1) is 0 Å². The molecule has 0 atom stereocenters. The first kappa shape index (κ1) is 28.7. The van der Waals surface area contributed by atoms with Crippen LogP contribution in [0.2, 0.25) is 0 Å².